The van der Waals surface area contributed by atoms with Crippen molar-refractivity contribution < 1.29 is 14.2 Å². The summed E-state index contributed by atoms with van der Waals surface area (Å²) in [6.07, 6.45) is 2.29. The molecule has 0 bridgehead atoms. The van der Waals surface area contributed by atoms with Crippen LogP contribution in [0.25, 0.3) is 10.2 Å². The number of aryl methyl sites for hydroxylation is 1. The number of benzene rings is 1. The maximum atomic E-state index is 13.1. The molecule has 0 fully saturated rings. The van der Waals surface area contributed by atoms with Crippen LogP contribution in [-0.4, -0.2) is 24.6 Å². The van der Waals surface area contributed by atoms with Crippen LogP contribution in [0.3, 0.4) is 0 Å². The minimum Gasteiger partial charge on any atom is -0.505 e. The van der Waals surface area contributed by atoms with Gasteiger partial charge in [0, 0.05) is 6.54 Å². The van der Waals surface area contributed by atoms with Crippen LogP contribution in [0.1, 0.15) is 12.0 Å². The first-order valence-electron chi connectivity index (χ1n) is 8.12. The van der Waals surface area contributed by atoms with Gasteiger partial charge in [-0.15, -0.1) is 22.3 Å². The lowest BCUT2D eigenvalue weighted by Crippen LogP contribution is -2.32. The lowest BCUT2D eigenvalue weighted by atomic mass is 10.2. The van der Waals surface area contributed by atoms with E-state index in [1.807, 2.05) is 0 Å². The van der Waals surface area contributed by atoms with Crippen molar-refractivity contribution in [2.45, 2.75) is 17.9 Å². The molecule has 0 aliphatic carbocycles. The van der Waals surface area contributed by atoms with Gasteiger partial charge in [0.15, 0.2) is 11.6 Å². The molecular formula is C18H17N3O4S2. The molecule has 0 unspecified atom stereocenters. The molecule has 4 N–H and O–H groups in total. The van der Waals surface area contributed by atoms with Gasteiger partial charge >= 0.3 is 0 Å². The second-order valence-electron chi connectivity index (χ2n) is 5.97. The van der Waals surface area contributed by atoms with Crippen LogP contribution in [0.5, 0.6) is 5.75 Å². The van der Waals surface area contributed by atoms with Crippen molar-refractivity contribution in [2.75, 3.05) is 5.32 Å². The molecule has 3 aromatic rings. The molecule has 27 heavy (non-hydrogen) atoms. The number of aromatic nitrogens is 1. The van der Waals surface area contributed by atoms with Gasteiger partial charge in [-0.3, -0.25) is 13.9 Å². The molecule has 0 spiro atoms. The molecule has 1 aromatic carbocycles. The van der Waals surface area contributed by atoms with E-state index in [2.05, 4.69) is 16.3 Å². The first-order chi connectivity index (χ1) is 12.9. The number of fused-ring (bicyclic) bond motifs is 2. The minimum absolute atomic E-state index is 0.0566. The van der Waals surface area contributed by atoms with Crippen LogP contribution in [0, 0.1) is 0 Å². The Balaban J connectivity index is 1.96. The van der Waals surface area contributed by atoms with Crippen LogP contribution in [0.15, 0.2) is 62.5 Å². The molecule has 4 rings (SSSR count). The first-order valence-corrected chi connectivity index (χ1v) is 10.5. The molecule has 7 nitrogen and oxygen atoms in total. The molecule has 0 atom stereocenters. The van der Waals surface area contributed by atoms with E-state index in [0.29, 0.717) is 28.9 Å². The van der Waals surface area contributed by atoms with E-state index in [0.717, 1.165) is 0 Å². The zero-order chi connectivity index (χ0) is 19.2. The van der Waals surface area contributed by atoms with Crippen molar-refractivity contribution in [3.05, 3.63) is 64.3 Å². The highest BCUT2D eigenvalue weighted by Crippen LogP contribution is 2.55. The Kier molecular flexibility index (Phi) is 4.31. The molecule has 0 saturated heterocycles. The lowest BCUT2D eigenvalue weighted by molar-refractivity contribution is 0.478. The molecule has 2 aromatic heterocycles. The predicted octanol–water partition coefficient (Wildman–Crippen LogP) is 4.24. The van der Waals surface area contributed by atoms with E-state index in [4.69, 9.17) is 0 Å². The molecule has 0 radical (unpaired) electrons. The Morgan fingerprint density at radius 1 is 1.30 bits per heavy atom. The second-order valence-corrected chi connectivity index (χ2v) is 8.55. The summed E-state index contributed by atoms with van der Waals surface area (Å²) in [5, 5.41) is 15.5. The van der Waals surface area contributed by atoms with E-state index in [1.165, 1.54) is 11.3 Å². The fourth-order valence-electron chi connectivity index (χ4n) is 3.05. The molecule has 1 aliphatic rings. The standard InChI is InChI=1S/C18H17N3O4S2/c1-2-3-9-21-12-8-10-26-16(12)15(22)14(18(21)23)17-19-11-6-4-5-7-13(11)27(24,25)20-17/h2,4-8,10,22,24-25H,1,3,9H2,(H,19,20). The van der Waals surface area contributed by atoms with Gasteiger partial charge in [-0.05, 0) is 30.0 Å². The number of amidine groups is 1. The lowest BCUT2D eigenvalue weighted by Gasteiger charge is -2.34. The first kappa shape index (κ1) is 17.8. The van der Waals surface area contributed by atoms with Gasteiger partial charge in [-0.1, -0.05) is 29.0 Å². The normalized spacial score (nSPS) is 16.3. The topological polar surface area (TPSA) is 107 Å². The third kappa shape index (κ3) is 2.85. The van der Waals surface area contributed by atoms with Gasteiger partial charge in [0.1, 0.15) is 10.5 Å². The summed E-state index contributed by atoms with van der Waals surface area (Å²) in [7, 11) is -3.49. The summed E-state index contributed by atoms with van der Waals surface area (Å²) in [6, 6.07) is 8.40. The average Bonchev–Trinajstić information content (AvgIpc) is 3.11. The number of para-hydroxylation sites is 1. The van der Waals surface area contributed by atoms with Crippen LogP contribution < -0.4 is 10.9 Å². The highest BCUT2D eigenvalue weighted by molar-refractivity contribution is 8.23. The van der Waals surface area contributed by atoms with Gasteiger partial charge in [0.2, 0.25) is 0 Å². The predicted molar refractivity (Wildman–Crippen MR) is 110 cm³/mol. The third-order valence-electron chi connectivity index (χ3n) is 4.29. The molecular weight excluding hydrogens is 386 g/mol. The highest BCUT2D eigenvalue weighted by Gasteiger charge is 2.30. The summed E-state index contributed by atoms with van der Waals surface area (Å²) in [6.45, 7) is 4.08. The summed E-state index contributed by atoms with van der Waals surface area (Å²) >= 11 is 1.30. The summed E-state index contributed by atoms with van der Waals surface area (Å²) < 4.78 is 26.9. The number of pyridine rings is 1. The summed E-state index contributed by atoms with van der Waals surface area (Å²) in [5.74, 6) is -0.278. The van der Waals surface area contributed by atoms with E-state index in [1.54, 1.807) is 46.4 Å². The van der Waals surface area contributed by atoms with E-state index in [-0.39, 0.29) is 22.0 Å². The number of nitrogens with one attached hydrogen (secondary N) is 1. The Hall–Kier alpha value is -2.59. The summed E-state index contributed by atoms with van der Waals surface area (Å²) in [4.78, 5) is 13.4. The molecule has 9 heteroatoms. The average molecular weight is 403 g/mol. The number of hydrogen-bond acceptors (Lipinski definition) is 7. The van der Waals surface area contributed by atoms with Crippen molar-refractivity contribution in [3.63, 3.8) is 0 Å². The monoisotopic (exact) mass is 403 g/mol. The van der Waals surface area contributed by atoms with E-state index < -0.39 is 16.3 Å². The molecule has 1 aliphatic heterocycles. The fraction of sp³-hybridized carbons (Fsp3) is 0.111. The zero-order valence-corrected chi connectivity index (χ0v) is 15.8. The minimum atomic E-state index is -3.49. The number of thiophene rings is 1. The molecule has 0 saturated carbocycles. The van der Waals surface area contributed by atoms with Crippen LogP contribution in [0.4, 0.5) is 5.69 Å². The number of anilines is 1. The van der Waals surface area contributed by atoms with Crippen molar-refractivity contribution in [3.8, 4) is 5.75 Å². The fourth-order valence-corrected chi connectivity index (χ4v) is 5.06. The quantitative estimate of drug-likeness (QED) is 0.488. The van der Waals surface area contributed by atoms with E-state index in [9.17, 15) is 19.0 Å². The molecule has 0 amide bonds. The van der Waals surface area contributed by atoms with Gasteiger partial charge in [0.25, 0.3) is 5.56 Å². The Morgan fingerprint density at radius 2 is 2.07 bits per heavy atom. The highest BCUT2D eigenvalue weighted by atomic mass is 32.3. The number of nitrogens with zero attached hydrogens (tertiary/aromatic N) is 2. The Labute approximate surface area is 160 Å². The SMILES string of the molecule is C=CCCn1c(=O)c(C2=NS(O)(O)c3ccccc3N2)c(O)c2sccc21. The van der Waals surface area contributed by atoms with Crippen molar-refractivity contribution in [2.24, 2.45) is 4.40 Å². The van der Waals surface area contributed by atoms with Gasteiger partial charge in [0.05, 0.1) is 15.9 Å². The number of allylic oxidation sites excluding steroid dienone is 1. The summed E-state index contributed by atoms with van der Waals surface area (Å²) in [5.41, 5.74) is 0.520. The van der Waals surface area contributed by atoms with Gasteiger partial charge < -0.3 is 15.0 Å². The van der Waals surface area contributed by atoms with Gasteiger partial charge in [-0.2, -0.15) is 0 Å². The zero-order valence-electron chi connectivity index (χ0n) is 14.1. The third-order valence-corrected chi connectivity index (χ3v) is 6.59. The van der Waals surface area contributed by atoms with Crippen molar-refractivity contribution >= 4 is 43.9 Å². The van der Waals surface area contributed by atoms with E-state index >= 15 is 0 Å². The molecule has 3 heterocycles. The van der Waals surface area contributed by atoms with Crippen LogP contribution in [0.2, 0.25) is 0 Å². The maximum absolute atomic E-state index is 13.1. The molecule has 140 valence electrons. The Morgan fingerprint density at radius 3 is 2.85 bits per heavy atom. The number of rotatable bonds is 4. The van der Waals surface area contributed by atoms with Gasteiger partial charge in [-0.25, -0.2) is 0 Å². The number of hydrogen-bond donors (Lipinski definition) is 4. The van der Waals surface area contributed by atoms with Crippen LogP contribution >= 0.6 is 22.1 Å². The second kappa shape index (κ2) is 6.54. The smallest absolute Gasteiger partial charge is 0.266 e. The van der Waals surface area contributed by atoms with Crippen molar-refractivity contribution in [1.29, 1.82) is 0 Å². The van der Waals surface area contributed by atoms with Crippen LogP contribution in [-0.2, 0) is 6.54 Å². The largest absolute Gasteiger partial charge is 0.505 e. The number of aromatic hydroxyl groups is 1. The maximum Gasteiger partial charge on any atom is 0.266 e. The Bertz CT molecular complexity index is 1150. The van der Waals surface area contributed by atoms with Crippen molar-refractivity contribution in [1.82, 2.24) is 4.57 Å².